The molecule has 2 rings (SSSR count). The Morgan fingerprint density at radius 2 is 1.76 bits per heavy atom. The smallest absolute Gasteiger partial charge is 0.392 e. The van der Waals surface area contributed by atoms with Crippen LogP contribution in [0.1, 0.15) is 23.6 Å². The van der Waals surface area contributed by atoms with E-state index in [0.29, 0.717) is 18.4 Å². The third-order valence-electron chi connectivity index (χ3n) is 3.23. The average molecular weight is 298 g/mol. The van der Waals surface area contributed by atoms with Crippen LogP contribution in [-0.4, -0.2) is 21.0 Å². The van der Waals surface area contributed by atoms with E-state index in [-0.39, 0.29) is 0 Å². The summed E-state index contributed by atoms with van der Waals surface area (Å²) in [6.07, 6.45) is -0.672. The zero-order chi connectivity index (χ0) is 15.5. The molecule has 0 aliphatic carbocycles. The van der Waals surface area contributed by atoms with Crippen molar-refractivity contribution in [1.29, 1.82) is 0 Å². The number of rotatable bonds is 5. The van der Waals surface area contributed by atoms with Crippen LogP contribution >= 0.6 is 0 Å². The van der Waals surface area contributed by atoms with E-state index in [1.807, 2.05) is 13.1 Å². The molecule has 0 aliphatic rings. The van der Waals surface area contributed by atoms with Crippen LogP contribution in [0.25, 0.3) is 0 Å². The van der Waals surface area contributed by atoms with Gasteiger partial charge in [0.15, 0.2) is 0 Å². The number of aromatic nitrogens is 2. The van der Waals surface area contributed by atoms with Crippen molar-refractivity contribution in [2.45, 2.75) is 38.6 Å². The Hall–Kier alpha value is -1.82. The Morgan fingerprint density at radius 1 is 1.14 bits per heavy atom. The van der Waals surface area contributed by atoms with Crippen LogP contribution in [-0.2, 0) is 25.6 Å². The summed E-state index contributed by atoms with van der Waals surface area (Å²) in [4.78, 5) is 0. The van der Waals surface area contributed by atoms with Crippen LogP contribution in [0.2, 0.25) is 0 Å². The summed E-state index contributed by atoms with van der Waals surface area (Å²) in [5, 5.41) is 14.1. The molecule has 0 saturated heterocycles. The summed E-state index contributed by atoms with van der Waals surface area (Å²) < 4.78 is 39.1. The first-order chi connectivity index (χ1) is 9.88. The summed E-state index contributed by atoms with van der Waals surface area (Å²) in [6.45, 7) is 2.73. The first kappa shape index (κ1) is 15.6. The summed E-state index contributed by atoms with van der Waals surface area (Å²) in [7, 11) is 0. The van der Waals surface area contributed by atoms with Gasteiger partial charge in [0.2, 0.25) is 0 Å². The van der Waals surface area contributed by atoms with Crippen molar-refractivity contribution >= 4 is 0 Å². The molecule has 1 unspecified atom stereocenters. The van der Waals surface area contributed by atoms with Gasteiger partial charge in [0.1, 0.15) is 0 Å². The van der Waals surface area contributed by atoms with Gasteiger partial charge in [0.25, 0.3) is 0 Å². The van der Waals surface area contributed by atoms with Gasteiger partial charge in [-0.05, 0) is 36.6 Å². The number of aliphatic hydroxyl groups excluding tert-OH is 1. The molecule has 0 bridgehead atoms. The van der Waals surface area contributed by atoms with E-state index in [1.165, 1.54) is 12.1 Å². The summed E-state index contributed by atoms with van der Waals surface area (Å²) in [5.41, 5.74) is 0.916. The molecule has 1 N–H and O–H groups in total. The number of benzene rings is 1. The number of alkyl halides is 3. The second-order valence-corrected chi connectivity index (χ2v) is 4.96. The summed E-state index contributed by atoms with van der Waals surface area (Å²) >= 11 is 0. The minimum absolute atomic E-state index is 0.315. The molecule has 21 heavy (non-hydrogen) atoms. The zero-order valence-electron chi connectivity index (χ0n) is 11.6. The Kier molecular flexibility index (Phi) is 4.67. The van der Waals surface area contributed by atoms with Crippen molar-refractivity contribution in [2.24, 2.45) is 0 Å². The van der Waals surface area contributed by atoms with Crippen LogP contribution in [0, 0.1) is 0 Å². The predicted octanol–water partition coefficient (Wildman–Crippen LogP) is 3.07. The second kappa shape index (κ2) is 6.30. The number of hydrogen-bond acceptors (Lipinski definition) is 2. The van der Waals surface area contributed by atoms with E-state index in [9.17, 15) is 18.3 Å². The lowest BCUT2D eigenvalue weighted by Gasteiger charge is -2.11. The fourth-order valence-corrected chi connectivity index (χ4v) is 2.13. The van der Waals surface area contributed by atoms with Crippen molar-refractivity contribution < 1.29 is 18.3 Å². The van der Waals surface area contributed by atoms with Crippen LogP contribution in [0.15, 0.2) is 36.7 Å². The maximum Gasteiger partial charge on any atom is 0.416 e. The van der Waals surface area contributed by atoms with E-state index < -0.39 is 17.8 Å². The van der Waals surface area contributed by atoms with E-state index in [4.69, 9.17) is 0 Å². The molecule has 1 atom stereocenters. The van der Waals surface area contributed by atoms with E-state index in [0.717, 1.165) is 24.2 Å². The third-order valence-corrected chi connectivity index (χ3v) is 3.23. The van der Waals surface area contributed by atoms with Crippen LogP contribution in [0.3, 0.4) is 0 Å². The molecule has 3 nitrogen and oxygen atoms in total. The highest BCUT2D eigenvalue weighted by molar-refractivity contribution is 5.25. The molecule has 0 radical (unpaired) electrons. The highest BCUT2D eigenvalue weighted by atomic mass is 19.4. The SMILES string of the molecule is CCn1cc(CC(O)Cc2ccc(C(F)(F)F)cc2)cn1. The molecule has 0 fully saturated rings. The summed E-state index contributed by atoms with van der Waals surface area (Å²) in [6, 6.07) is 4.89. The molecule has 0 amide bonds. The lowest BCUT2D eigenvalue weighted by molar-refractivity contribution is -0.137. The van der Waals surface area contributed by atoms with E-state index in [1.54, 1.807) is 10.9 Å². The van der Waals surface area contributed by atoms with Gasteiger partial charge in [-0.15, -0.1) is 0 Å². The molecule has 1 aromatic carbocycles. The Labute approximate surface area is 121 Å². The topological polar surface area (TPSA) is 38.0 Å². The van der Waals surface area contributed by atoms with Gasteiger partial charge in [0, 0.05) is 19.2 Å². The molecule has 1 heterocycles. The van der Waals surface area contributed by atoms with Crippen molar-refractivity contribution in [2.75, 3.05) is 0 Å². The zero-order valence-corrected chi connectivity index (χ0v) is 11.6. The predicted molar refractivity (Wildman–Crippen MR) is 72.8 cm³/mol. The lowest BCUT2D eigenvalue weighted by atomic mass is 10.0. The van der Waals surface area contributed by atoms with E-state index in [2.05, 4.69) is 5.10 Å². The molecule has 0 aliphatic heterocycles. The quantitative estimate of drug-likeness (QED) is 0.921. The molecule has 0 spiro atoms. The molecule has 1 aromatic heterocycles. The normalized spacial score (nSPS) is 13.4. The van der Waals surface area contributed by atoms with Gasteiger partial charge < -0.3 is 5.11 Å². The standard InChI is InChI=1S/C15H17F3N2O/c1-2-20-10-12(9-19-20)8-14(21)7-11-3-5-13(6-4-11)15(16,17)18/h3-6,9-10,14,21H,2,7-8H2,1H3. The van der Waals surface area contributed by atoms with Gasteiger partial charge in [-0.2, -0.15) is 18.3 Å². The van der Waals surface area contributed by atoms with Crippen LogP contribution in [0.5, 0.6) is 0 Å². The monoisotopic (exact) mass is 298 g/mol. The molecule has 2 aromatic rings. The minimum atomic E-state index is -4.33. The number of nitrogens with zero attached hydrogens (tertiary/aromatic N) is 2. The molecular weight excluding hydrogens is 281 g/mol. The van der Waals surface area contributed by atoms with Crippen molar-refractivity contribution in [3.8, 4) is 0 Å². The first-order valence-corrected chi connectivity index (χ1v) is 6.74. The second-order valence-electron chi connectivity index (χ2n) is 4.96. The van der Waals surface area contributed by atoms with Gasteiger partial charge in [-0.1, -0.05) is 12.1 Å². The third kappa shape index (κ3) is 4.32. The number of aryl methyl sites for hydroxylation is 1. The number of hydrogen-bond donors (Lipinski definition) is 1. The first-order valence-electron chi connectivity index (χ1n) is 6.74. The van der Waals surface area contributed by atoms with Crippen molar-refractivity contribution in [3.05, 3.63) is 53.3 Å². The highest BCUT2D eigenvalue weighted by Gasteiger charge is 2.29. The van der Waals surface area contributed by atoms with Crippen molar-refractivity contribution in [1.82, 2.24) is 9.78 Å². The minimum Gasteiger partial charge on any atom is -0.392 e. The van der Waals surface area contributed by atoms with Gasteiger partial charge in [-0.3, -0.25) is 4.68 Å². The maximum absolute atomic E-state index is 12.4. The Bertz CT molecular complexity index is 575. The van der Waals surface area contributed by atoms with Gasteiger partial charge in [0.05, 0.1) is 17.9 Å². The lowest BCUT2D eigenvalue weighted by Crippen LogP contribution is -2.14. The highest BCUT2D eigenvalue weighted by Crippen LogP contribution is 2.29. The van der Waals surface area contributed by atoms with Crippen LogP contribution < -0.4 is 0 Å². The summed E-state index contributed by atoms with van der Waals surface area (Å²) in [5.74, 6) is 0. The molecule has 0 saturated carbocycles. The largest absolute Gasteiger partial charge is 0.416 e. The molecule has 6 heteroatoms. The van der Waals surface area contributed by atoms with E-state index >= 15 is 0 Å². The van der Waals surface area contributed by atoms with Gasteiger partial charge >= 0.3 is 6.18 Å². The Morgan fingerprint density at radius 3 is 2.29 bits per heavy atom. The maximum atomic E-state index is 12.4. The number of aliphatic hydroxyl groups is 1. The molecule has 114 valence electrons. The fourth-order valence-electron chi connectivity index (χ4n) is 2.13. The Balaban J connectivity index is 1.94. The average Bonchev–Trinajstić information content (AvgIpc) is 2.85. The van der Waals surface area contributed by atoms with Gasteiger partial charge in [-0.25, -0.2) is 0 Å². The fraction of sp³-hybridized carbons (Fsp3) is 0.400. The van der Waals surface area contributed by atoms with Crippen molar-refractivity contribution in [3.63, 3.8) is 0 Å². The molecular formula is C15H17F3N2O. The number of halogens is 3. The van der Waals surface area contributed by atoms with Crippen LogP contribution in [0.4, 0.5) is 13.2 Å².